The summed E-state index contributed by atoms with van der Waals surface area (Å²) in [6.07, 6.45) is 0.162. The molecule has 0 saturated carbocycles. The third-order valence-corrected chi connectivity index (χ3v) is 5.91. The van der Waals surface area contributed by atoms with E-state index in [0.29, 0.717) is 17.3 Å². The van der Waals surface area contributed by atoms with E-state index in [-0.39, 0.29) is 37.1 Å². The van der Waals surface area contributed by atoms with Crippen LogP contribution in [0, 0.1) is 0 Å². The highest BCUT2D eigenvalue weighted by atomic mass is 35.5. The maximum absolute atomic E-state index is 12.6. The average molecular weight is 432 g/mol. The van der Waals surface area contributed by atoms with Crippen molar-refractivity contribution in [1.29, 1.82) is 0 Å². The molecule has 0 aromatic heterocycles. The van der Waals surface area contributed by atoms with Crippen molar-refractivity contribution >= 4 is 52.5 Å². The Balaban J connectivity index is 1.49. The molecule has 6 nitrogen and oxygen atoms in total. The average Bonchev–Trinajstić information content (AvgIpc) is 2.72. The topological polar surface area (TPSA) is 69.7 Å². The van der Waals surface area contributed by atoms with Crippen LogP contribution in [-0.2, 0) is 14.4 Å². The Bertz CT molecular complexity index is 922. The second kappa shape index (κ2) is 9.80. The van der Waals surface area contributed by atoms with Gasteiger partial charge in [0.25, 0.3) is 0 Å². The number of carbonyl (C=O) groups is 3. The van der Waals surface area contributed by atoms with E-state index in [1.54, 1.807) is 48.0 Å². The van der Waals surface area contributed by atoms with Crippen LogP contribution in [0.1, 0.15) is 12.8 Å². The lowest BCUT2D eigenvalue weighted by Crippen LogP contribution is -2.38. The number of amides is 3. The molecule has 0 aliphatic carbocycles. The van der Waals surface area contributed by atoms with Gasteiger partial charge in [0, 0.05) is 37.1 Å². The first-order chi connectivity index (χ1) is 14.0. The van der Waals surface area contributed by atoms with Crippen molar-refractivity contribution in [3.8, 4) is 0 Å². The molecule has 0 unspecified atom stereocenters. The maximum atomic E-state index is 12.6. The van der Waals surface area contributed by atoms with E-state index in [2.05, 4.69) is 5.32 Å². The Morgan fingerprint density at radius 2 is 1.83 bits per heavy atom. The first-order valence-electron chi connectivity index (χ1n) is 9.26. The van der Waals surface area contributed by atoms with Gasteiger partial charge < -0.3 is 15.1 Å². The van der Waals surface area contributed by atoms with E-state index < -0.39 is 0 Å². The number of fused-ring (bicyclic) bond motifs is 1. The Labute approximate surface area is 179 Å². The molecule has 8 heteroatoms. The number of benzene rings is 2. The minimum absolute atomic E-state index is 0.0561. The molecule has 3 rings (SSSR count). The monoisotopic (exact) mass is 431 g/mol. The Kier molecular flexibility index (Phi) is 7.17. The van der Waals surface area contributed by atoms with Gasteiger partial charge in [-0.2, -0.15) is 0 Å². The first-order valence-corrected chi connectivity index (χ1v) is 10.6. The van der Waals surface area contributed by atoms with Crippen molar-refractivity contribution in [3.63, 3.8) is 0 Å². The standard InChI is InChI=1S/C21H22ClN3O3S/c1-24(14-19(26)23-16-7-3-2-6-15(16)22)20(27)10-11-21(28)25-12-13-29-18-9-5-4-8-17(18)25/h2-9H,10-14H2,1H3,(H,23,26). The summed E-state index contributed by atoms with van der Waals surface area (Å²) in [5.74, 6) is 0.147. The molecular formula is C21H22ClN3O3S. The van der Waals surface area contributed by atoms with Gasteiger partial charge in [0.05, 0.1) is 22.9 Å². The molecule has 1 aliphatic rings. The molecule has 0 atom stereocenters. The third kappa shape index (κ3) is 5.52. The molecule has 3 amide bonds. The number of hydrogen-bond donors (Lipinski definition) is 1. The van der Waals surface area contributed by atoms with Crippen LogP contribution in [0.5, 0.6) is 0 Å². The van der Waals surface area contributed by atoms with Crippen LogP contribution >= 0.6 is 23.4 Å². The van der Waals surface area contributed by atoms with Crippen molar-refractivity contribution in [2.75, 3.05) is 36.1 Å². The van der Waals surface area contributed by atoms with E-state index in [4.69, 9.17) is 11.6 Å². The summed E-state index contributed by atoms with van der Waals surface area (Å²) in [6.45, 7) is 0.520. The number of rotatable bonds is 6. The quantitative estimate of drug-likeness (QED) is 0.757. The van der Waals surface area contributed by atoms with Gasteiger partial charge in [-0.3, -0.25) is 14.4 Å². The molecular weight excluding hydrogens is 410 g/mol. The second-order valence-corrected chi connectivity index (χ2v) is 8.18. The summed E-state index contributed by atoms with van der Waals surface area (Å²) in [4.78, 5) is 41.3. The maximum Gasteiger partial charge on any atom is 0.244 e. The highest BCUT2D eigenvalue weighted by Crippen LogP contribution is 2.34. The Morgan fingerprint density at radius 3 is 2.62 bits per heavy atom. The highest BCUT2D eigenvalue weighted by molar-refractivity contribution is 7.99. The van der Waals surface area contributed by atoms with Crippen LogP contribution in [-0.4, -0.2) is 48.5 Å². The number of nitrogens with zero attached hydrogens (tertiary/aromatic N) is 2. The van der Waals surface area contributed by atoms with Crippen molar-refractivity contribution in [3.05, 3.63) is 53.6 Å². The van der Waals surface area contributed by atoms with E-state index in [0.717, 1.165) is 16.3 Å². The van der Waals surface area contributed by atoms with E-state index in [1.807, 2.05) is 24.3 Å². The molecule has 2 aromatic carbocycles. The summed E-state index contributed by atoms with van der Waals surface area (Å²) in [5, 5.41) is 3.11. The van der Waals surface area contributed by atoms with Gasteiger partial charge in [-0.1, -0.05) is 35.9 Å². The lowest BCUT2D eigenvalue weighted by Gasteiger charge is -2.29. The van der Waals surface area contributed by atoms with Crippen LogP contribution in [0.25, 0.3) is 0 Å². The van der Waals surface area contributed by atoms with Crippen LogP contribution < -0.4 is 10.2 Å². The summed E-state index contributed by atoms with van der Waals surface area (Å²) < 4.78 is 0. The number of anilines is 2. The highest BCUT2D eigenvalue weighted by Gasteiger charge is 2.23. The van der Waals surface area contributed by atoms with Crippen LogP contribution in [0.4, 0.5) is 11.4 Å². The SMILES string of the molecule is CN(CC(=O)Nc1ccccc1Cl)C(=O)CCC(=O)N1CCSc2ccccc21. The van der Waals surface area contributed by atoms with Crippen LogP contribution in [0.2, 0.25) is 5.02 Å². The Morgan fingerprint density at radius 1 is 1.10 bits per heavy atom. The van der Waals surface area contributed by atoms with E-state index in [1.165, 1.54) is 4.90 Å². The summed E-state index contributed by atoms with van der Waals surface area (Å²) >= 11 is 7.75. The number of para-hydroxylation sites is 2. The van der Waals surface area contributed by atoms with E-state index in [9.17, 15) is 14.4 Å². The summed E-state index contributed by atoms with van der Waals surface area (Å²) in [6, 6.07) is 14.7. The molecule has 0 saturated heterocycles. The summed E-state index contributed by atoms with van der Waals surface area (Å²) in [5.41, 5.74) is 1.39. The molecule has 1 N–H and O–H groups in total. The van der Waals surface area contributed by atoms with Gasteiger partial charge in [-0.25, -0.2) is 0 Å². The largest absolute Gasteiger partial charge is 0.336 e. The fourth-order valence-corrected chi connectivity index (χ4v) is 4.20. The van der Waals surface area contributed by atoms with E-state index >= 15 is 0 Å². The number of likely N-dealkylation sites (N-methyl/N-ethyl adjacent to an activating group) is 1. The van der Waals surface area contributed by atoms with Gasteiger partial charge in [-0.05, 0) is 24.3 Å². The normalized spacial score (nSPS) is 12.8. The molecule has 29 heavy (non-hydrogen) atoms. The summed E-state index contributed by atoms with van der Waals surface area (Å²) in [7, 11) is 1.55. The molecule has 152 valence electrons. The predicted molar refractivity (Wildman–Crippen MR) is 116 cm³/mol. The lowest BCUT2D eigenvalue weighted by molar-refractivity contribution is -0.134. The zero-order valence-electron chi connectivity index (χ0n) is 16.1. The number of halogens is 1. The fraction of sp³-hybridized carbons (Fsp3) is 0.286. The third-order valence-electron chi connectivity index (χ3n) is 4.54. The molecule has 1 heterocycles. The predicted octanol–water partition coefficient (Wildman–Crippen LogP) is 3.66. The first kappa shape index (κ1) is 21.2. The number of hydrogen-bond acceptors (Lipinski definition) is 4. The van der Waals surface area contributed by atoms with Crippen molar-refractivity contribution in [2.45, 2.75) is 17.7 Å². The molecule has 1 aliphatic heterocycles. The lowest BCUT2D eigenvalue weighted by atomic mass is 10.2. The Hall–Kier alpha value is -2.51. The fourth-order valence-electron chi connectivity index (χ4n) is 3.02. The van der Waals surface area contributed by atoms with Crippen LogP contribution in [0.15, 0.2) is 53.4 Å². The molecule has 0 spiro atoms. The second-order valence-electron chi connectivity index (χ2n) is 6.64. The number of carbonyl (C=O) groups excluding carboxylic acids is 3. The van der Waals surface area contributed by atoms with Gasteiger partial charge in [0.1, 0.15) is 0 Å². The van der Waals surface area contributed by atoms with Crippen LogP contribution in [0.3, 0.4) is 0 Å². The smallest absolute Gasteiger partial charge is 0.244 e. The zero-order chi connectivity index (χ0) is 20.8. The van der Waals surface area contributed by atoms with Gasteiger partial charge in [0.15, 0.2) is 0 Å². The van der Waals surface area contributed by atoms with Gasteiger partial charge in [0.2, 0.25) is 17.7 Å². The zero-order valence-corrected chi connectivity index (χ0v) is 17.6. The molecule has 0 radical (unpaired) electrons. The number of thioether (sulfide) groups is 1. The van der Waals surface area contributed by atoms with Crippen molar-refractivity contribution in [1.82, 2.24) is 4.90 Å². The van der Waals surface area contributed by atoms with Gasteiger partial charge >= 0.3 is 0 Å². The van der Waals surface area contributed by atoms with Crippen molar-refractivity contribution in [2.24, 2.45) is 0 Å². The molecule has 2 aromatic rings. The molecule has 0 bridgehead atoms. The van der Waals surface area contributed by atoms with Crippen molar-refractivity contribution < 1.29 is 14.4 Å². The molecule has 0 fully saturated rings. The van der Waals surface area contributed by atoms with Gasteiger partial charge in [-0.15, -0.1) is 11.8 Å². The number of nitrogens with one attached hydrogen (secondary N) is 1. The minimum atomic E-state index is -0.345. The minimum Gasteiger partial charge on any atom is -0.336 e.